The number of nitrogens with one attached hydrogen (secondary N) is 2. The molecule has 7 atom stereocenters. The molecule has 0 spiro atoms. The van der Waals surface area contributed by atoms with Crippen LogP contribution in [0.15, 0.2) is 124 Å². The monoisotopic (exact) mass is 1040 g/mol. The number of carbonyl (C=O) groups excluding carboxylic acids is 1. The van der Waals surface area contributed by atoms with Crippen LogP contribution < -0.4 is 32.6 Å². The molecule has 2 aromatic heterocycles. The number of aromatic amines is 1. The van der Waals surface area contributed by atoms with E-state index < -0.39 is 99.6 Å². The Morgan fingerprint density at radius 2 is 1.49 bits per heavy atom. The van der Waals surface area contributed by atoms with Crippen LogP contribution in [0.25, 0.3) is 0 Å². The van der Waals surface area contributed by atoms with Crippen LogP contribution in [-0.2, 0) is 33.8 Å². The van der Waals surface area contributed by atoms with Gasteiger partial charge in [-0.25, -0.2) is 14.1 Å². The molecule has 0 radical (unpaired) electrons. The maximum atomic E-state index is 13.7. The van der Waals surface area contributed by atoms with Crippen molar-refractivity contribution in [3.05, 3.63) is 152 Å². The number of ether oxygens (including phenoxy) is 2. The van der Waals surface area contributed by atoms with Crippen molar-refractivity contribution in [1.29, 1.82) is 0 Å². The van der Waals surface area contributed by atoms with Crippen LogP contribution >= 0.6 is 6.72 Å². The molecular weight excluding hydrogens is 974 g/mol. The summed E-state index contributed by atoms with van der Waals surface area (Å²) in [5.41, 5.74) is -3.35. The third-order valence-corrected chi connectivity index (χ3v) is 25.7. The number of benzene rings is 3. The Bertz CT molecular complexity index is 2850. The third-order valence-electron chi connectivity index (χ3n) is 13.2. The fourth-order valence-electron chi connectivity index (χ4n) is 8.58. The predicted octanol–water partition coefficient (Wildman–Crippen LogP) is 4.66. The lowest BCUT2D eigenvalue weighted by atomic mass is 10.1. The Balaban J connectivity index is 1.24. The van der Waals surface area contributed by atoms with Crippen molar-refractivity contribution in [3.63, 3.8) is 0 Å². The number of amides is 1. The molecule has 5 aromatic rings. The second-order valence-corrected chi connectivity index (χ2v) is 33.2. The number of hydrogen-bond donors (Lipinski definition) is 6. The molecule has 2 aliphatic rings. The smallest absolute Gasteiger partial charge is 0.411 e. The summed E-state index contributed by atoms with van der Waals surface area (Å²) in [6.45, 7) is 12.5. The number of aliphatic hydroxyl groups excluding tert-OH is 1. The van der Waals surface area contributed by atoms with E-state index in [0.717, 1.165) is 14.9 Å². The van der Waals surface area contributed by atoms with Crippen molar-refractivity contribution in [1.82, 2.24) is 19.1 Å². The first-order valence-electron chi connectivity index (χ1n) is 22.9. The molecule has 2 saturated heterocycles. The molecule has 0 bridgehead atoms. The molecule has 4 heterocycles. The highest BCUT2D eigenvalue weighted by Gasteiger charge is 2.59. The number of aliphatic hydroxyl groups is 2. The summed E-state index contributed by atoms with van der Waals surface area (Å²) < 4.78 is 34.9. The van der Waals surface area contributed by atoms with E-state index in [1.54, 1.807) is 30.3 Å². The Morgan fingerprint density at radius 1 is 0.900 bits per heavy atom. The van der Waals surface area contributed by atoms with Crippen LogP contribution in [0.1, 0.15) is 82.8 Å². The van der Waals surface area contributed by atoms with Gasteiger partial charge in [0.15, 0.2) is 14.4 Å². The van der Waals surface area contributed by atoms with Crippen molar-refractivity contribution in [2.24, 2.45) is 0 Å². The number of hydrogen-bond acceptors (Lipinski definition) is 12. The summed E-state index contributed by atoms with van der Waals surface area (Å²) in [6.07, 6.45) is -3.78. The van der Waals surface area contributed by atoms with Crippen LogP contribution in [0.4, 0.5) is 5.82 Å². The molecule has 0 saturated carbocycles. The largest absolute Gasteiger partial charge is 0.523 e. The lowest BCUT2D eigenvalue weighted by Gasteiger charge is -2.44. The lowest BCUT2D eigenvalue weighted by molar-refractivity contribution is -0.186. The number of rotatable bonds is 15. The Labute approximate surface area is 411 Å². The van der Waals surface area contributed by atoms with Crippen LogP contribution in [0.2, 0.25) is 23.2 Å². The van der Waals surface area contributed by atoms with E-state index in [1.165, 1.54) is 30.0 Å². The van der Waals surface area contributed by atoms with Crippen molar-refractivity contribution in [2.75, 3.05) is 11.9 Å². The topological polar surface area (TPSA) is 246 Å². The fourth-order valence-corrected chi connectivity index (χ4v) is 17.5. The summed E-state index contributed by atoms with van der Waals surface area (Å²) in [5, 5.41) is 28.2. The van der Waals surface area contributed by atoms with Gasteiger partial charge >= 0.3 is 23.5 Å². The highest BCUT2D eigenvalue weighted by molar-refractivity contribution is 8.17. The molecule has 1 unspecified atom stereocenters. The zero-order valence-corrected chi connectivity index (χ0v) is 44.3. The summed E-state index contributed by atoms with van der Waals surface area (Å²) in [7, 11) is -5.73. The minimum Gasteiger partial charge on any atom is -0.411 e. The molecule has 18 nitrogen and oxygen atoms in total. The van der Waals surface area contributed by atoms with E-state index in [4.69, 9.17) is 22.8 Å². The number of H-pyrrole nitrogens is 1. The highest BCUT2D eigenvalue weighted by atomic mass is 32.5. The van der Waals surface area contributed by atoms with Gasteiger partial charge in [0.25, 0.3) is 30.7 Å². The van der Waals surface area contributed by atoms with Gasteiger partial charge in [0, 0.05) is 29.9 Å². The molecular formula is C48H63N5O13PSSi2+. The first kappa shape index (κ1) is 53.2. The molecule has 22 heteroatoms. The summed E-state index contributed by atoms with van der Waals surface area (Å²) in [4.78, 5) is 82.0. The van der Waals surface area contributed by atoms with E-state index in [2.05, 4.69) is 36.1 Å². The maximum Gasteiger partial charge on any atom is 0.523 e. The fraction of sp³-hybridized carbons (Fsp3) is 0.438. The van der Waals surface area contributed by atoms with Gasteiger partial charge in [-0.15, -0.1) is 0 Å². The van der Waals surface area contributed by atoms with Crippen LogP contribution in [-0.4, -0.2) is 97.8 Å². The van der Waals surface area contributed by atoms with Crippen LogP contribution in [0, 0.1) is 6.92 Å². The molecule has 7 rings (SSSR count). The Hall–Kier alpha value is -4.59. The molecule has 70 heavy (non-hydrogen) atoms. The van der Waals surface area contributed by atoms with Crippen molar-refractivity contribution >= 4 is 56.4 Å². The predicted molar refractivity (Wildman–Crippen MR) is 272 cm³/mol. The molecule has 2 fully saturated rings. The van der Waals surface area contributed by atoms with Gasteiger partial charge in [-0.1, -0.05) is 120 Å². The normalized spacial score (nSPS) is 22.7. The number of carbonyl (C=O) groups is 1. The zero-order chi connectivity index (χ0) is 51.0. The minimum absolute atomic E-state index is 0.0417. The molecule has 2 aliphatic heterocycles. The molecule has 6 N–H and O–H groups in total. The average Bonchev–Trinajstić information content (AvgIpc) is 3.84. The number of anilines is 1. The van der Waals surface area contributed by atoms with Crippen molar-refractivity contribution in [2.45, 2.75) is 126 Å². The number of aromatic nitrogens is 4. The van der Waals surface area contributed by atoms with Gasteiger partial charge in [-0.3, -0.25) is 33.5 Å². The maximum absolute atomic E-state index is 13.7. The van der Waals surface area contributed by atoms with Crippen LogP contribution in [0.3, 0.4) is 0 Å². The lowest BCUT2D eigenvalue weighted by Crippen LogP contribution is -2.67. The molecule has 3 aromatic carbocycles. The van der Waals surface area contributed by atoms with E-state index in [1.807, 2.05) is 94.5 Å². The van der Waals surface area contributed by atoms with Gasteiger partial charge in [-0.2, -0.15) is 4.98 Å². The van der Waals surface area contributed by atoms with Gasteiger partial charge in [0.2, 0.25) is 5.79 Å². The van der Waals surface area contributed by atoms with E-state index in [9.17, 15) is 39.2 Å². The first-order chi connectivity index (χ1) is 32.7. The molecule has 0 aliphatic carbocycles. The van der Waals surface area contributed by atoms with Gasteiger partial charge < -0.3 is 33.9 Å². The second kappa shape index (κ2) is 20.5. The Morgan fingerprint density at radius 3 is 2.04 bits per heavy atom. The van der Waals surface area contributed by atoms with Crippen molar-refractivity contribution in [3.8, 4) is 0 Å². The van der Waals surface area contributed by atoms with Gasteiger partial charge in [0.1, 0.15) is 24.4 Å². The standard InChI is InChI=1S/C48H62N5O13PSSi2/c1-31-29-53(45(58)51-41(31)54)38-27-35(65-69(8,9)46(2,3)4)40(64-38)43(56)68-67(60,61)66-48(59)28-39(52-26-25-37(50-44(52)57)49-42(55)32-19-13-10-14-20-32)63-36(48)30-62-70(47(5,6)7,33-21-15-11-16-22-33)34-23-17-12-18-24-34/h10-26,29,35-36,38-40,43,56,59H,27-28,30H2,1-9H3,(H3-,49,50,51,54,55,57,58,60,61)/p+1/t35-,36+,38+,39+,40-,43?,48+/m0/s1. The van der Waals surface area contributed by atoms with E-state index in [-0.39, 0.29) is 40.4 Å². The quantitative estimate of drug-likeness (QED) is 0.0362. The number of nitrogens with zero attached hydrogens (tertiary/aromatic N) is 3. The van der Waals surface area contributed by atoms with E-state index >= 15 is 0 Å². The molecule has 376 valence electrons. The minimum atomic E-state index is -4.92. The van der Waals surface area contributed by atoms with Gasteiger partial charge in [-0.05, 0) is 58.7 Å². The SMILES string of the molecule is Cc1cn([C@H]2C[C@H](O[Si](C)(C)C(C)(C)C)[C@@H](C(O)[S+]=P(O)(O)O[C@]3(O)C[C@H](n4ccc(NC(=O)c5ccccc5)nc4=O)O[C@@H]3CO[Si](c3ccccc3)(c3ccccc3)C(C)(C)C)O2)c(=O)[nH]c1=O. The second-order valence-electron chi connectivity index (χ2n) is 20.2. The average molecular weight is 1040 g/mol. The molecule has 1 amide bonds. The first-order valence-corrected chi connectivity index (χ1v) is 30.8. The number of aryl methyl sites for hydroxylation is 1. The van der Waals surface area contributed by atoms with Gasteiger partial charge in [0.05, 0.1) is 19.1 Å². The zero-order valence-electron chi connectivity index (χ0n) is 40.6. The highest BCUT2D eigenvalue weighted by Crippen LogP contribution is 2.52. The van der Waals surface area contributed by atoms with Crippen molar-refractivity contribution < 1.29 is 47.6 Å². The third kappa shape index (κ3) is 11.4. The van der Waals surface area contributed by atoms with Crippen LogP contribution in [0.5, 0.6) is 0 Å². The summed E-state index contributed by atoms with van der Waals surface area (Å²) >= 11 is 0. The Kier molecular flexibility index (Phi) is 15.6. The van der Waals surface area contributed by atoms with E-state index in [0.29, 0.717) is 5.56 Å². The summed E-state index contributed by atoms with van der Waals surface area (Å²) in [5.74, 6) is -3.12. The summed E-state index contributed by atoms with van der Waals surface area (Å²) in [6, 6.07) is 29.2.